The van der Waals surface area contributed by atoms with Crippen LogP contribution in [0.25, 0.3) is 0 Å². The third-order valence-corrected chi connectivity index (χ3v) is 1.45. The summed E-state index contributed by atoms with van der Waals surface area (Å²) in [5.74, 6) is -1.53. The van der Waals surface area contributed by atoms with Gasteiger partial charge in [-0.25, -0.2) is 4.98 Å². The van der Waals surface area contributed by atoms with E-state index in [0.29, 0.717) is 0 Å². The second-order valence-electron chi connectivity index (χ2n) is 2.67. The van der Waals surface area contributed by atoms with Crippen LogP contribution in [0.2, 0.25) is 0 Å². The Morgan fingerprint density at radius 1 is 1.53 bits per heavy atom. The summed E-state index contributed by atoms with van der Waals surface area (Å²) in [5.41, 5.74) is -0.429. The van der Waals surface area contributed by atoms with Crippen LogP contribution >= 0.6 is 0 Å². The van der Waals surface area contributed by atoms with Crippen molar-refractivity contribution in [3.05, 3.63) is 24.0 Å². The van der Waals surface area contributed by atoms with Gasteiger partial charge < -0.3 is 10.4 Å². The van der Waals surface area contributed by atoms with Crippen molar-refractivity contribution < 1.29 is 23.1 Å². The van der Waals surface area contributed by atoms with E-state index in [1.54, 1.807) is 5.32 Å². The third-order valence-electron chi connectivity index (χ3n) is 1.45. The second-order valence-corrected chi connectivity index (χ2v) is 2.67. The Morgan fingerprint density at radius 2 is 2.20 bits per heavy atom. The summed E-state index contributed by atoms with van der Waals surface area (Å²) in [6, 6.07) is 2.52. The van der Waals surface area contributed by atoms with Crippen molar-refractivity contribution in [2.45, 2.75) is 6.18 Å². The molecule has 0 aliphatic rings. The molecule has 4 nitrogen and oxygen atoms in total. The van der Waals surface area contributed by atoms with Crippen LogP contribution in [0.1, 0.15) is 10.5 Å². The first kappa shape index (κ1) is 11.3. The quantitative estimate of drug-likeness (QED) is 0.783. The Balaban J connectivity index is 2.66. The summed E-state index contributed by atoms with van der Waals surface area (Å²) < 4.78 is 35.2. The summed E-state index contributed by atoms with van der Waals surface area (Å²) >= 11 is 0. The number of rotatable bonds is 2. The van der Waals surface area contributed by atoms with Gasteiger partial charge >= 0.3 is 6.18 Å². The van der Waals surface area contributed by atoms with Crippen molar-refractivity contribution in [3.8, 4) is 5.75 Å². The highest BCUT2D eigenvalue weighted by Gasteiger charge is 2.28. The molecular weight excluding hydrogens is 213 g/mol. The number of amides is 1. The second kappa shape index (κ2) is 4.16. The van der Waals surface area contributed by atoms with Crippen LogP contribution in [0, 0.1) is 0 Å². The van der Waals surface area contributed by atoms with E-state index < -0.39 is 30.1 Å². The molecule has 0 unspecified atom stereocenters. The van der Waals surface area contributed by atoms with Crippen LogP contribution in [-0.4, -0.2) is 28.7 Å². The molecule has 0 aliphatic carbocycles. The highest BCUT2D eigenvalue weighted by molar-refractivity contribution is 5.94. The van der Waals surface area contributed by atoms with Crippen molar-refractivity contribution in [1.29, 1.82) is 0 Å². The number of aromatic nitrogens is 1. The molecule has 1 rings (SSSR count). The zero-order valence-corrected chi connectivity index (χ0v) is 7.38. The summed E-state index contributed by atoms with van der Waals surface area (Å²) in [6.45, 7) is -1.46. The zero-order chi connectivity index (χ0) is 11.5. The van der Waals surface area contributed by atoms with E-state index >= 15 is 0 Å². The number of nitrogens with one attached hydrogen (secondary N) is 1. The van der Waals surface area contributed by atoms with Gasteiger partial charge in [-0.2, -0.15) is 13.2 Å². The van der Waals surface area contributed by atoms with E-state index in [-0.39, 0.29) is 0 Å². The lowest BCUT2D eigenvalue weighted by molar-refractivity contribution is -0.123. The summed E-state index contributed by atoms with van der Waals surface area (Å²) in [7, 11) is 0. The highest BCUT2D eigenvalue weighted by Crippen LogP contribution is 2.15. The predicted molar refractivity (Wildman–Crippen MR) is 44.3 cm³/mol. The molecule has 1 heterocycles. The maximum Gasteiger partial charge on any atom is 0.405 e. The third kappa shape index (κ3) is 3.45. The minimum absolute atomic E-state index is 0.429. The molecule has 0 aromatic carbocycles. The van der Waals surface area contributed by atoms with E-state index in [9.17, 15) is 18.0 Å². The van der Waals surface area contributed by atoms with E-state index in [2.05, 4.69) is 4.98 Å². The number of pyridine rings is 1. The first-order chi connectivity index (χ1) is 6.90. The first-order valence-electron chi connectivity index (χ1n) is 3.89. The molecule has 2 N–H and O–H groups in total. The van der Waals surface area contributed by atoms with Gasteiger partial charge in [-0.1, -0.05) is 0 Å². The van der Waals surface area contributed by atoms with Crippen LogP contribution in [0.5, 0.6) is 5.75 Å². The SMILES string of the molecule is O=C(NCC(F)(F)F)c1ncccc1O. The molecular formula is C8H7F3N2O2. The van der Waals surface area contributed by atoms with Gasteiger partial charge in [-0.05, 0) is 12.1 Å². The van der Waals surface area contributed by atoms with Crippen LogP contribution in [0.3, 0.4) is 0 Å². The maximum absolute atomic E-state index is 11.7. The lowest BCUT2D eigenvalue weighted by Gasteiger charge is -2.08. The Morgan fingerprint density at radius 3 is 2.73 bits per heavy atom. The first-order valence-corrected chi connectivity index (χ1v) is 3.89. The van der Waals surface area contributed by atoms with E-state index in [1.807, 2.05) is 0 Å². The van der Waals surface area contributed by atoms with Gasteiger partial charge in [0.1, 0.15) is 12.3 Å². The van der Waals surface area contributed by atoms with Gasteiger partial charge in [-0.3, -0.25) is 4.79 Å². The number of nitrogens with zero attached hydrogens (tertiary/aromatic N) is 1. The molecule has 0 saturated carbocycles. The van der Waals surface area contributed by atoms with E-state index in [4.69, 9.17) is 5.11 Å². The number of alkyl halides is 3. The molecule has 7 heteroatoms. The number of carbonyl (C=O) groups excluding carboxylic acids is 1. The largest absolute Gasteiger partial charge is 0.505 e. The Labute approximate surface area is 82.7 Å². The fourth-order valence-corrected chi connectivity index (χ4v) is 0.836. The van der Waals surface area contributed by atoms with Crippen LogP contribution < -0.4 is 5.32 Å². The van der Waals surface area contributed by atoms with Crippen LogP contribution in [-0.2, 0) is 0 Å². The Hall–Kier alpha value is -1.79. The standard InChI is InChI=1S/C8H7F3N2O2/c9-8(10,11)4-13-7(15)6-5(14)2-1-3-12-6/h1-3,14H,4H2,(H,13,15). The summed E-state index contributed by atoms with van der Waals surface area (Å²) in [4.78, 5) is 14.5. The maximum atomic E-state index is 11.7. The highest BCUT2D eigenvalue weighted by atomic mass is 19.4. The van der Waals surface area contributed by atoms with Crippen molar-refractivity contribution in [1.82, 2.24) is 10.3 Å². The van der Waals surface area contributed by atoms with Crippen molar-refractivity contribution in [2.24, 2.45) is 0 Å². The normalized spacial score (nSPS) is 11.1. The molecule has 0 atom stereocenters. The minimum Gasteiger partial charge on any atom is -0.505 e. The average molecular weight is 220 g/mol. The van der Waals surface area contributed by atoms with E-state index in [0.717, 1.165) is 6.07 Å². The van der Waals surface area contributed by atoms with Gasteiger partial charge in [0.15, 0.2) is 5.69 Å². The molecule has 0 fully saturated rings. The van der Waals surface area contributed by atoms with Crippen LogP contribution in [0.15, 0.2) is 18.3 Å². The molecule has 0 radical (unpaired) electrons. The molecule has 82 valence electrons. The molecule has 1 aromatic heterocycles. The molecule has 1 amide bonds. The van der Waals surface area contributed by atoms with Crippen molar-refractivity contribution in [2.75, 3.05) is 6.54 Å². The molecule has 0 spiro atoms. The monoisotopic (exact) mass is 220 g/mol. The van der Waals surface area contributed by atoms with Crippen LogP contribution in [0.4, 0.5) is 13.2 Å². The number of aromatic hydroxyl groups is 1. The lowest BCUT2D eigenvalue weighted by atomic mass is 10.3. The number of hydrogen-bond acceptors (Lipinski definition) is 3. The molecule has 0 bridgehead atoms. The van der Waals surface area contributed by atoms with Crippen molar-refractivity contribution in [3.63, 3.8) is 0 Å². The smallest absolute Gasteiger partial charge is 0.405 e. The Bertz CT molecular complexity index is 365. The molecule has 1 aromatic rings. The van der Waals surface area contributed by atoms with Gasteiger partial charge in [-0.15, -0.1) is 0 Å². The molecule has 0 aliphatic heterocycles. The van der Waals surface area contributed by atoms with E-state index in [1.165, 1.54) is 12.3 Å². The van der Waals surface area contributed by atoms with Gasteiger partial charge in [0.25, 0.3) is 5.91 Å². The number of hydrogen-bond donors (Lipinski definition) is 2. The summed E-state index contributed by atoms with van der Waals surface area (Å²) in [6.07, 6.45) is -3.29. The van der Waals surface area contributed by atoms with Gasteiger partial charge in [0, 0.05) is 6.20 Å². The molecule has 15 heavy (non-hydrogen) atoms. The fraction of sp³-hybridized carbons (Fsp3) is 0.250. The van der Waals surface area contributed by atoms with Crippen molar-refractivity contribution >= 4 is 5.91 Å². The lowest BCUT2D eigenvalue weighted by Crippen LogP contribution is -2.34. The number of carbonyl (C=O) groups is 1. The fourth-order valence-electron chi connectivity index (χ4n) is 0.836. The zero-order valence-electron chi connectivity index (χ0n) is 7.38. The minimum atomic E-state index is -4.49. The summed E-state index contributed by atoms with van der Waals surface area (Å²) in [5, 5.41) is 10.7. The Kier molecular flexibility index (Phi) is 3.13. The average Bonchev–Trinajstić information content (AvgIpc) is 2.14. The molecule has 0 saturated heterocycles. The predicted octanol–water partition coefficient (Wildman–Crippen LogP) is 1.08. The van der Waals surface area contributed by atoms with Gasteiger partial charge in [0.2, 0.25) is 0 Å². The number of halogens is 3. The topological polar surface area (TPSA) is 62.2 Å². The van der Waals surface area contributed by atoms with Gasteiger partial charge in [0.05, 0.1) is 0 Å².